The maximum Gasteiger partial charge on any atom is 0.404 e. The Hall–Kier alpha value is -4.89. The van der Waals surface area contributed by atoms with Gasteiger partial charge in [0.1, 0.15) is 29.6 Å². The second-order valence-corrected chi connectivity index (χ2v) is 8.69. The fraction of sp³-hybridized carbons (Fsp3) is 0.200. The van der Waals surface area contributed by atoms with Crippen LogP contribution in [0.2, 0.25) is 5.02 Å². The number of halogens is 1. The van der Waals surface area contributed by atoms with E-state index in [1.54, 1.807) is 30.1 Å². The van der Waals surface area contributed by atoms with Crippen LogP contribution < -0.4 is 26.9 Å². The van der Waals surface area contributed by atoms with Gasteiger partial charge in [-0.05, 0) is 24.6 Å². The number of nitriles is 1. The van der Waals surface area contributed by atoms with Crippen LogP contribution in [0.1, 0.15) is 29.9 Å². The van der Waals surface area contributed by atoms with Gasteiger partial charge in [0.15, 0.2) is 5.82 Å². The minimum Gasteiger partial charge on any atom is -0.465 e. The average molecular weight is 534 g/mol. The van der Waals surface area contributed by atoms with Crippen LogP contribution in [0.3, 0.4) is 0 Å². The van der Waals surface area contributed by atoms with E-state index in [0.29, 0.717) is 5.52 Å². The summed E-state index contributed by atoms with van der Waals surface area (Å²) in [5.74, 6) is 0.483. The van der Waals surface area contributed by atoms with Crippen LogP contribution in [-0.4, -0.2) is 43.9 Å². The number of carbonyl (C=O) groups is 1. The van der Waals surface area contributed by atoms with Crippen LogP contribution in [0, 0.1) is 11.3 Å². The van der Waals surface area contributed by atoms with Crippen LogP contribution in [0.4, 0.5) is 16.4 Å². The van der Waals surface area contributed by atoms with Crippen molar-refractivity contribution in [3.05, 3.63) is 87.2 Å². The SMILES string of the molecule is CC(Nc1ncnc(N)c1C#N)c1nc2cccc(Cl)c2c(=O)n1N(CCNC(=O)O)Cc1ccccc1. The van der Waals surface area contributed by atoms with Gasteiger partial charge >= 0.3 is 6.09 Å². The van der Waals surface area contributed by atoms with Gasteiger partial charge < -0.3 is 26.5 Å². The Bertz CT molecular complexity index is 1570. The molecule has 12 nitrogen and oxygen atoms in total. The molecule has 2 aromatic heterocycles. The molecule has 5 N–H and O–H groups in total. The second-order valence-electron chi connectivity index (χ2n) is 8.29. The van der Waals surface area contributed by atoms with Crippen LogP contribution in [0.15, 0.2) is 59.7 Å². The summed E-state index contributed by atoms with van der Waals surface area (Å²) in [7, 11) is 0. The zero-order valence-electron chi connectivity index (χ0n) is 20.3. The number of rotatable bonds is 9. The molecule has 4 rings (SSSR count). The number of nitrogens with two attached hydrogens (primary N) is 1. The van der Waals surface area contributed by atoms with E-state index in [4.69, 9.17) is 27.4 Å². The van der Waals surface area contributed by atoms with Crippen LogP contribution in [-0.2, 0) is 6.54 Å². The number of fused-ring (bicyclic) bond motifs is 1. The van der Waals surface area contributed by atoms with E-state index in [0.717, 1.165) is 5.56 Å². The molecule has 2 heterocycles. The number of benzene rings is 2. The maximum absolute atomic E-state index is 14.0. The molecule has 0 saturated carbocycles. The highest BCUT2D eigenvalue weighted by Gasteiger charge is 2.24. The number of nitrogen functional groups attached to an aromatic ring is 1. The van der Waals surface area contributed by atoms with E-state index in [1.807, 2.05) is 36.4 Å². The van der Waals surface area contributed by atoms with Gasteiger partial charge in [0.05, 0.1) is 35.1 Å². The predicted molar refractivity (Wildman–Crippen MR) is 143 cm³/mol. The largest absolute Gasteiger partial charge is 0.465 e. The summed E-state index contributed by atoms with van der Waals surface area (Å²) in [6.45, 7) is 2.20. The fourth-order valence-corrected chi connectivity index (χ4v) is 4.23. The monoisotopic (exact) mass is 533 g/mol. The van der Waals surface area contributed by atoms with Crippen molar-refractivity contribution >= 4 is 40.2 Å². The zero-order chi connectivity index (χ0) is 27.2. The number of amides is 1. The summed E-state index contributed by atoms with van der Waals surface area (Å²) in [5.41, 5.74) is 6.74. The summed E-state index contributed by atoms with van der Waals surface area (Å²) < 4.78 is 1.39. The highest BCUT2D eigenvalue weighted by atomic mass is 35.5. The number of carboxylic acid groups (broad SMARTS) is 1. The van der Waals surface area contributed by atoms with Crippen molar-refractivity contribution in [2.75, 3.05) is 29.1 Å². The topological polar surface area (TPSA) is 175 Å². The predicted octanol–water partition coefficient (Wildman–Crippen LogP) is 2.87. The molecule has 0 saturated heterocycles. The average Bonchev–Trinajstić information content (AvgIpc) is 2.88. The molecule has 0 spiro atoms. The Kier molecular flexibility index (Phi) is 7.88. The second kappa shape index (κ2) is 11.4. The molecule has 4 aromatic rings. The lowest BCUT2D eigenvalue weighted by molar-refractivity contribution is 0.194. The summed E-state index contributed by atoms with van der Waals surface area (Å²) in [6.07, 6.45) is 0.0443. The van der Waals surface area contributed by atoms with Gasteiger partial charge in [0.25, 0.3) is 5.56 Å². The van der Waals surface area contributed by atoms with Crippen molar-refractivity contribution in [2.24, 2.45) is 0 Å². The molecule has 194 valence electrons. The Morgan fingerprint density at radius 3 is 2.71 bits per heavy atom. The third kappa shape index (κ3) is 5.58. The van der Waals surface area contributed by atoms with Gasteiger partial charge in [-0.3, -0.25) is 4.79 Å². The minimum absolute atomic E-state index is 0.0123. The molecule has 0 radical (unpaired) electrons. The Labute approximate surface area is 222 Å². The number of hydrogen-bond donors (Lipinski definition) is 4. The highest BCUT2D eigenvalue weighted by Crippen LogP contribution is 2.25. The summed E-state index contributed by atoms with van der Waals surface area (Å²) >= 11 is 6.42. The van der Waals surface area contributed by atoms with Crippen molar-refractivity contribution in [2.45, 2.75) is 19.5 Å². The van der Waals surface area contributed by atoms with Gasteiger partial charge in [-0.2, -0.15) is 5.26 Å². The van der Waals surface area contributed by atoms with E-state index < -0.39 is 17.7 Å². The van der Waals surface area contributed by atoms with E-state index in [1.165, 1.54) is 11.0 Å². The molecular formula is C25H24ClN9O3. The van der Waals surface area contributed by atoms with E-state index in [-0.39, 0.29) is 53.1 Å². The molecule has 0 aliphatic carbocycles. The number of hydrogen-bond acceptors (Lipinski definition) is 9. The van der Waals surface area contributed by atoms with E-state index >= 15 is 0 Å². The molecular weight excluding hydrogens is 510 g/mol. The van der Waals surface area contributed by atoms with Crippen molar-refractivity contribution in [1.29, 1.82) is 5.26 Å². The number of aromatic nitrogens is 4. The first-order valence-electron chi connectivity index (χ1n) is 11.5. The number of nitrogens with one attached hydrogen (secondary N) is 2. The van der Waals surface area contributed by atoms with Gasteiger partial charge in [-0.25, -0.2) is 24.4 Å². The first-order valence-corrected chi connectivity index (χ1v) is 11.9. The Morgan fingerprint density at radius 2 is 2.00 bits per heavy atom. The lowest BCUT2D eigenvalue weighted by Gasteiger charge is -2.31. The van der Waals surface area contributed by atoms with Gasteiger partial charge in [0, 0.05) is 6.54 Å². The minimum atomic E-state index is -1.18. The summed E-state index contributed by atoms with van der Waals surface area (Å²) in [4.78, 5) is 37.9. The quantitative estimate of drug-likeness (QED) is 0.250. The standard InChI is InChI=1S/C25H24ClN9O3/c1-15(32-22-17(12-27)21(28)30-14-31-22)23-33-19-9-5-8-18(26)20(19)24(36)35(23)34(11-10-29-25(37)38)13-16-6-3-2-4-7-16/h2-9,14-15,29H,10-11,13H2,1H3,(H,37,38)(H3,28,30,31,32). The lowest BCUT2D eigenvalue weighted by Crippen LogP contribution is -2.48. The fourth-order valence-electron chi connectivity index (χ4n) is 3.98. The van der Waals surface area contributed by atoms with E-state index in [2.05, 4.69) is 20.6 Å². The molecule has 0 aliphatic rings. The number of nitrogens with zero attached hydrogens (tertiary/aromatic N) is 6. The first-order chi connectivity index (χ1) is 18.3. The molecule has 1 atom stereocenters. The van der Waals surface area contributed by atoms with Crippen molar-refractivity contribution in [3.8, 4) is 6.07 Å². The van der Waals surface area contributed by atoms with Crippen molar-refractivity contribution in [3.63, 3.8) is 0 Å². The maximum atomic E-state index is 14.0. The molecule has 0 aliphatic heterocycles. The Morgan fingerprint density at radius 1 is 1.24 bits per heavy atom. The third-order valence-corrected chi connectivity index (χ3v) is 6.03. The molecule has 0 bridgehead atoms. The van der Waals surface area contributed by atoms with Crippen molar-refractivity contribution in [1.82, 2.24) is 24.9 Å². The van der Waals surface area contributed by atoms with Crippen LogP contribution >= 0.6 is 11.6 Å². The Balaban J connectivity index is 1.87. The lowest BCUT2D eigenvalue weighted by atomic mass is 10.2. The van der Waals surface area contributed by atoms with E-state index in [9.17, 15) is 14.9 Å². The summed E-state index contributed by atoms with van der Waals surface area (Å²) in [5, 5.41) is 26.3. The van der Waals surface area contributed by atoms with Gasteiger partial charge in [-0.1, -0.05) is 48.0 Å². The summed E-state index contributed by atoms with van der Waals surface area (Å²) in [6, 6.07) is 15.7. The third-order valence-electron chi connectivity index (χ3n) is 5.72. The smallest absolute Gasteiger partial charge is 0.404 e. The zero-order valence-corrected chi connectivity index (χ0v) is 21.1. The van der Waals surface area contributed by atoms with Gasteiger partial charge in [-0.15, -0.1) is 0 Å². The number of anilines is 2. The molecule has 2 aromatic carbocycles. The molecule has 1 unspecified atom stereocenters. The molecule has 38 heavy (non-hydrogen) atoms. The van der Waals surface area contributed by atoms with Crippen LogP contribution in [0.25, 0.3) is 10.9 Å². The van der Waals surface area contributed by atoms with Crippen LogP contribution in [0.5, 0.6) is 0 Å². The van der Waals surface area contributed by atoms with Gasteiger partial charge in [0.2, 0.25) is 0 Å². The molecule has 13 heteroatoms. The molecule has 1 amide bonds. The van der Waals surface area contributed by atoms with Crippen molar-refractivity contribution < 1.29 is 9.90 Å². The molecule has 0 fully saturated rings. The normalized spacial score (nSPS) is 11.5. The highest BCUT2D eigenvalue weighted by molar-refractivity contribution is 6.35. The first kappa shape index (κ1) is 26.2.